The Kier molecular flexibility index (Phi) is 5.19. The summed E-state index contributed by atoms with van der Waals surface area (Å²) in [5.41, 5.74) is 2.56. The van der Waals surface area contributed by atoms with Crippen LogP contribution in [-0.2, 0) is 21.5 Å². The number of nitrogens with one attached hydrogen (secondary N) is 1. The highest BCUT2D eigenvalue weighted by Crippen LogP contribution is 2.56. The highest BCUT2D eigenvalue weighted by molar-refractivity contribution is 6.23. The summed E-state index contributed by atoms with van der Waals surface area (Å²) in [6.45, 7) is 6.32. The molecule has 0 saturated carbocycles. The smallest absolute Gasteiger partial charge is 0.266 e. The van der Waals surface area contributed by atoms with Gasteiger partial charge in [-0.15, -0.1) is 0 Å². The van der Waals surface area contributed by atoms with Crippen molar-refractivity contribution in [1.29, 1.82) is 0 Å². The summed E-state index contributed by atoms with van der Waals surface area (Å²) in [4.78, 5) is 48.9. The molecule has 1 N–H and O–H groups in total. The Labute approximate surface area is 226 Å². The summed E-state index contributed by atoms with van der Waals surface area (Å²) in [5.74, 6) is -0.973. The molecule has 2 unspecified atom stereocenters. The first-order valence-electron chi connectivity index (χ1n) is 13.7. The van der Waals surface area contributed by atoms with Gasteiger partial charge in [-0.2, -0.15) is 0 Å². The molecule has 2 fully saturated rings. The Morgan fingerprint density at radius 1 is 0.923 bits per heavy atom. The molecule has 2 saturated heterocycles. The Balaban J connectivity index is 1.49. The molecule has 0 bridgehead atoms. The van der Waals surface area contributed by atoms with Crippen LogP contribution in [0.5, 0.6) is 0 Å². The summed E-state index contributed by atoms with van der Waals surface area (Å²) < 4.78 is 1.65. The van der Waals surface area contributed by atoms with E-state index in [1.165, 1.54) is 4.90 Å². The Bertz CT molecular complexity index is 1720. The van der Waals surface area contributed by atoms with E-state index in [4.69, 9.17) is 4.98 Å². The van der Waals surface area contributed by atoms with Crippen LogP contribution < -0.4 is 15.8 Å². The standard InChI is InChI=1S/C32H30N4O3/c1-4-19-13-15-20(16-14-19)35-29(38)26-24(17-18(2)3)34-32(27(26)30(35)39)22-10-6-8-12-25(22)36-28(37)21-9-5-7-11-23(21)33-31(32)36/h5-16,18,24,26-27,34H,4,17H2,1-3H3/t24?,26-,27+,32?/m0/s1. The molecular weight excluding hydrogens is 488 g/mol. The van der Waals surface area contributed by atoms with Gasteiger partial charge in [0, 0.05) is 11.6 Å². The van der Waals surface area contributed by atoms with E-state index in [0.29, 0.717) is 40.4 Å². The highest BCUT2D eigenvalue weighted by atomic mass is 16.2. The number of carbonyl (C=O) groups is 2. The molecule has 4 atom stereocenters. The summed E-state index contributed by atoms with van der Waals surface area (Å²) in [6, 6.07) is 22.4. The minimum atomic E-state index is -1.10. The average Bonchev–Trinajstić information content (AvgIpc) is 3.51. The Morgan fingerprint density at radius 2 is 1.64 bits per heavy atom. The third-order valence-corrected chi connectivity index (χ3v) is 8.69. The van der Waals surface area contributed by atoms with Crippen LogP contribution in [-0.4, -0.2) is 27.4 Å². The van der Waals surface area contributed by atoms with Crippen molar-refractivity contribution in [2.24, 2.45) is 17.8 Å². The molecule has 1 aromatic heterocycles. The summed E-state index contributed by atoms with van der Waals surface area (Å²) in [6.07, 6.45) is 1.59. The van der Waals surface area contributed by atoms with Crippen molar-refractivity contribution >= 4 is 28.4 Å². The fourth-order valence-corrected chi connectivity index (χ4v) is 7.06. The number of benzene rings is 3. The number of para-hydroxylation sites is 2. The number of hydrogen-bond donors (Lipinski definition) is 1. The molecule has 7 heteroatoms. The van der Waals surface area contributed by atoms with E-state index in [0.717, 1.165) is 17.5 Å². The predicted molar refractivity (Wildman–Crippen MR) is 150 cm³/mol. The zero-order valence-electron chi connectivity index (χ0n) is 22.2. The second-order valence-corrected chi connectivity index (χ2v) is 11.3. The topological polar surface area (TPSA) is 84.3 Å². The number of fused-ring (bicyclic) bond motifs is 8. The van der Waals surface area contributed by atoms with E-state index in [2.05, 4.69) is 26.1 Å². The lowest BCUT2D eigenvalue weighted by atomic mass is 9.75. The summed E-state index contributed by atoms with van der Waals surface area (Å²) >= 11 is 0. The van der Waals surface area contributed by atoms with Crippen LogP contribution in [0.2, 0.25) is 0 Å². The molecule has 4 heterocycles. The van der Waals surface area contributed by atoms with E-state index in [-0.39, 0.29) is 23.4 Å². The largest absolute Gasteiger partial charge is 0.297 e. The van der Waals surface area contributed by atoms with Gasteiger partial charge in [-0.25, -0.2) is 9.88 Å². The maximum absolute atomic E-state index is 14.5. The van der Waals surface area contributed by atoms with Crippen LogP contribution in [0, 0.1) is 17.8 Å². The van der Waals surface area contributed by atoms with Crippen LogP contribution in [0.1, 0.15) is 44.1 Å². The lowest BCUT2D eigenvalue weighted by Crippen LogP contribution is -2.50. The van der Waals surface area contributed by atoms with Gasteiger partial charge in [-0.05, 0) is 54.7 Å². The van der Waals surface area contributed by atoms with Crippen molar-refractivity contribution in [1.82, 2.24) is 14.9 Å². The van der Waals surface area contributed by atoms with Crippen molar-refractivity contribution in [2.75, 3.05) is 4.90 Å². The van der Waals surface area contributed by atoms with Gasteiger partial charge in [0.2, 0.25) is 11.8 Å². The first-order chi connectivity index (χ1) is 18.9. The molecule has 0 aliphatic carbocycles. The van der Waals surface area contributed by atoms with Gasteiger partial charge >= 0.3 is 0 Å². The second-order valence-electron chi connectivity index (χ2n) is 11.3. The van der Waals surface area contributed by atoms with Gasteiger partial charge in [-0.1, -0.05) is 63.2 Å². The van der Waals surface area contributed by atoms with E-state index in [1.807, 2.05) is 66.7 Å². The minimum Gasteiger partial charge on any atom is -0.297 e. The second kappa shape index (κ2) is 8.45. The van der Waals surface area contributed by atoms with E-state index < -0.39 is 17.4 Å². The van der Waals surface area contributed by atoms with E-state index in [9.17, 15) is 14.4 Å². The van der Waals surface area contributed by atoms with Crippen LogP contribution in [0.4, 0.5) is 5.69 Å². The molecule has 3 aliphatic rings. The number of anilines is 1. The lowest BCUT2D eigenvalue weighted by Gasteiger charge is -2.32. The minimum absolute atomic E-state index is 0.172. The van der Waals surface area contributed by atoms with E-state index >= 15 is 0 Å². The highest BCUT2D eigenvalue weighted by Gasteiger charge is 2.69. The van der Waals surface area contributed by atoms with E-state index in [1.54, 1.807) is 10.6 Å². The number of amides is 2. The van der Waals surface area contributed by atoms with Crippen LogP contribution in [0.25, 0.3) is 16.6 Å². The van der Waals surface area contributed by atoms with Gasteiger partial charge in [0.05, 0.1) is 34.1 Å². The molecule has 4 aromatic rings. The number of rotatable bonds is 4. The first kappa shape index (κ1) is 24.0. The fraction of sp³-hybridized carbons (Fsp3) is 0.312. The van der Waals surface area contributed by atoms with Crippen molar-refractivity contribution in [3.8, 4) is 5.69 Å². The molecule has 2 amide bonds. The molecule has 7 nitrogen and oxygen atoms in total. The maximum atomic E-state index is 14.5. The van der Waals surface area contributed by atoms with Crippen LogP contribution in [0.15, 0.2) is 77.6 Å². The molecule has 1 spiro atoms. The van der Waals surface area contributed by atoms with Crippen molar-refractivity contribution < 1.29 is 9.59 Å². The zero-order chi connectivity index (χ0) is 27.1. The zero-order valence-corrected chi connectivity index (χ0v) is 22.2. The van der Waals surface area contributed by atoms with Crippen molar-refractivity contribution in [2.45, 2.75) is 45.2 Å². The number of imide groups is 1. The molecule has 3 aliphatic heterocycles. The molecular formula is C32H30N4O3. The molecule has 196 valence electrons. The van der Waals surface area contributed by atoms with Gasteiger partial charge in [0.25, 0.3) is 5.56 Å². The Hall–Kier alpha value is -4.10. The normalized spacial score (nSPS) is 25.1. The van der Waals surface area contributed by atoms with Crippen LogP contribution in [0.3, 0.4) is 0 Å². The number of nitrogens with zero attached hydrogens (tertiary/aromatic N) is 3. The van der Waals surface area contributed by atoms with Gasteiger partial charge in [-0.3, -0.25) is 24.3 Å². The first-order valence-corrected chi connectivity index (χ1v) is 13.7. The Morgan fingerprint density at radius 3 is 2.38 bits per heavy atom. The maximum Gasteiger partial charge on any atom is 0.266 e. The number of aromatic nitrogens is 2. The predicted octanol–water partition coefficient (Wildman–Crippen LogP) is 4.33. The lowest BCUT2D eigenvalue weighted by molar-refractivity contribution is -0.123. The van der Waals surface area contributed by atoms with Gasteiger partial charge in [0.1, 0.15) is 11.4 Å². The summed E-state index contributed by atoms with van der Waals surface area (Å²) in [7, 11) is 0. The van der Waals surface area contributed by atoms with Gasteiger partial charge in [0.15, 0.2) is 0 Å². The SMILES string of the molecule is CCc1ccc(N2C(=O)[C@H]3C(CC(C)C)NC4(c5ccccc5-n5c4nc4ccccc4c5=O)[C@H]3C2=O)cc1. The van der Waals surface area contributed by atoms with Crippen molar-refractivity contribution in [3.63, 3.8) is 0 Å². The monoisotopic (exact) mass is 518 g/mol. The number of hydrogen-bond acceptors (Lipinski definition) is 5. The molecule has 3 aromatic carbocycles. The quantitative estimate of drug-likeness (QED) is 0.407. The number of carbonyl (C=O) groups excluding carboxylic acids is 2. The van der Waals surface area contributed by atoms with Gasteiger partial charge < -0.3 is 0 Å². The van der Waals surface area contributed by atoms with Crippen LogP contribution >= 0.6 is 0 Å². The third-order valence-electron chi connectivity index (χ3n) is 8.69. The molecule has 0 radical (unpaired) electrons. The average molecular weight is 519 g/mol. The number of aryl methyl sites for hydroxylation is 1. The molecule has 7 rings (SSSR count). The van der Waals surface area contributed by atoms with Crippen molar-refractivity contribution in [3.05, 3.63) is 100 Å². The fourth-order valence-electron chi connectivity index (χ4n) is 7.06. The third kappa shape index (κ3) is 3.13. The molecule has 39 heavy (non-hydrogen) atoms. The summed E-state index contributed by atoms with van der Waals surface area (Å²) in [5, 5.41) is 4.29.